The average Bonchev–Trinajstić information content (AvgIpc) is 2.64. The second kappa shape index (κ2) is 3.95. The van der Waals surface area contributed by atoms with Crippen molar-refractivity contribution in [3.8, 4) is 5.75 Å². The highest BCUT2D eigenvalue weighted by molar-refractivity contribution is 5.80. The fourth-order valence-corrected chi connectivity index (χ4v) is 2.00. The van der Waals surface area contributed by atoms with Crippen molar-refractivity contribution >= 4 is 17.0 Å². The van der Waals surface area contributed by atoms with Gasteiger partial charge in [0.1, 0.15) is 5.75 Å². The van der Waals surface area contributed by atoms with Crippen molar-refractivity contribution in [2.45, 2.75) is 32.7 Å². The second-order valence-electron chi connectivity index (χ2n) is 4.83. The van der Waals surface area contributed by atoms with E-state index >= 15 is 0 Å². The molecule has 0 saturated heterocycles. The number of ether oxygens (including phenoxy) is 1. The van der Waals surface area contributed by atoms with Crippen LogP contribution in [0.15, 0.2) is 18.2 Å². The van der Waals surface area contributed by atoms with Crippen molar-refractivity contribution in [2.75, 3.05) is 12.8 Å². The van der Waals surface area contributed by atoms with E-state index < -0.39 is 0 Å². The quantitative estimate of drug-likeness (QED) is 0.886. The lowest BCUT2D eigenvalue weighted by molar-refractivity contribution is 0.357. The molecule has 2 aromatic rings. The topological polar surface area (TPSA) is 53.1 Å². The summed E-state index contributed by atoms with van der Waals surface area (Å²) in [5.41, 5.74) is 7.91. The number of methoxy groups -OCH3 is 1. The maximum Gasteiger partial charge on any atom is 0.201 e. The van der Waals surface area contributed by atoms with Gasteiger partial charge in [-0.1, -0.05) is 6.92 Å². The molecule has 0 aliphatic rings. The van der Waals surface area contributed by atoms with Crippen LogP contribution in [0.2, 0.25) is 0 Å². The Balaban J connectivity index is 2.68. The summed E-state index contributed by atoms with van der Waals surface area (Å²) in [7, 11) is 1.65. The van der Waals surface area contributed by atoms with Crippen molar-refractivity contribution in [3.05, 3.63) is 18.2 Å². The molecule has 0 atom stereocenters. The number of benzene rings is 1. The summed E-state index contributed by atoms with van der Waals surface area (Å²) in [4.78, 5) is 4.40. The van der Waals surface area contributed by atoms with E-state index in [4.69, 9.17) is 10.5 Å². The highest BCUT2D eigenvalue weighted by Crippen LogP contribution is 2.30. The van der Waals surface area contributed by atoms with Crippen LogP contribution in [0.25, 0.3) is 11.0 Å². The zero-order chi connectivity index (χ0) is 12.6. The fourth-order valence-electron chi connectivity index (χ4n) is 2.00. The van der Waals surface area contributed by atoms with Gasteiger partial charge >= 0.3 is 0 Å². The number of hydrogen-bond acceptors (Lipinski definition) is 3. The van der Waals surface area contributed by atoms with Gasteiger partial charge in [-0.3, -0.25) is 0 Å². The highest BCUT2D eigenvalue weighted by Gasteiger charge is 2.23. The van der Waals surface area contributed by atoms with Crippen LogP contribution < -0.4 is 10.5 Å². The predicted molar refractivity (Wildman–Crippen MR) is 70.3 cm³/mol. The van der Waals surface area contributed by atoms with Crippen molar-refractivity contribution < 1.29 is 4.74 Å². The molecule has 0 spiro atoms. The van der Waals surface area contributed by atoms with Crippen molar-refractivity contribution in [2.24, 2.45) is 0 Å². The molecule has 4 heteroatoms. The summed E-state index contributed by atoms with van der Waals surface area (Å²) in [5, 5.41) is 0. The van der Waals surface area contributed by atoms with Crippen LogP contribution in [0.3, 0.4) is 0 Å². The summed E-state index contributed by atoms with van der Waals surface area (Å²) < 4.78 is 7.28. The summed E-state index contributed by atoms with van der Waals surface area (Å²) in [6.07, 6.45) is 0.995. The lowest BCUT2D eigenvalue weighted by Gasteiger charge is -2.26. The minimum absolute atomic E-state index is 0.0343. The Morgan fingerprint density at radius 1 is 1.41 bits per heavy atom. The third kappa shape index (κ3) is 1.84. The molecule has 2 N–H and O–H groups in total. The fraction of sp³-hybridized carbons (Fsp3) is 0.462. The van der Waals surface area contributed by atoms with Crippen LogP contribution in [-0.4, -0.2) is 16.7 Å². The van der Waals surface area contributed by atoms with Gasteiger partial charge in [-0.05, 0) is 32.4 Å². The Hall–Kier alpha value is -1.71. The first-order valence-corrected chi connectivity index (χ1v) is 5.82. The molecule has 0 radical (unpaired) electrons. The van der Waals surface area contributed by atoms with Crippen molar-refractivity contribution in [1.29, 1.82) is 0 Å². The van der Waals surface area contributed by atoms with E-state index in [1.54, 1.807) is 7.11 Å². The number of rotatable bonds is 3. The molecule has 0 fully saturated rings. The van der Waals surface area contributed by atoms with Gasteiger partial charge in [-0.2, -0.15) is 0 Å². The lowest BCUT2D eigenvalue weighted by atomic mass is 10.0. The third-order valence-electron chi connectivity index (χ3n) is 3.36. The molecule has 0 amide bonds. The molecule has 0 aliphatic heterocycles. The van der Waals surface area contributed by atoms with Crippen LogP contribution in [0.5, 0.6) is 5.75 Å². The molecule has 0 aliphatic carbocycles. The molecule has 17 heavy (non-hydrogen) atoms. The second-order valence-corrected chi connectivity index (χ2v) is 4.83. The number of hydrogen-bond donors (Lipinski definition) is 1. The Bertz CT molecular complexity index is 543. The third-order valence-corrected chi connectivity index (χ3v) is 3.36. The Kier molecular flexibility index (Phi) is 2.73. The number of anilines is 1. The number of nitrogens with two attached hydrogens (primary N) is 1. The Morgan fingerprint density at radius 2 is 2.12 bits per heavy atom. The van der Waals surface area contributed by atoms with Gasteiger partial charge in [0, 0.05) is 11.6 Å². The predicted octanol–water partition coefficient (Wildman–Crippen LogP) is 2.77. The summed E-state index contributed by atoms with van der Waals surface area (Å²) in [6.45, 7) is 6.47. The van der Waals surface area contributed by atoms with Gasteiger partial charge in [-0.25, -0.2) is 4.98 Å². The highest BCUT2D eigenvalue weighted by atomic mass is 16.5. The summed E-state index contributed by atoms with van der Waals surface area (Å²) in [5.74, 6) is 1.36. The smallest absolute Gasteiger partial charge is 0.201 e. The van der Waals surface area contributed by atoms with Crippen LogP contribution in [0, 0.1) is 0 Å². The molecule has 1 aromatic heterocycles. The molecule has 0 saturated carbocycles. The van der Waals surface area contributed by atoms with Gasteiger partial charge in [-0.15, -0.1) is 0 Å². The molecule has 0 bridgehead atoms. The first-order valence-electron chi connectivity index (χ1n) is 5.82. The monoisotopic (exact) mass is 233 g/mol. The first-order chi connectivity index (χ1) is 7.99. The average molecular weight is 233 g/mol. The largest absolute Gasteiger partial charge is 0.497 e. The number of imidazole rings is 1. The lowest BCUT2D eigenvalue weighted by Crippen LogP contribution is -2.26. The zero-order valence-electron chi connectivity index (χ0n) is 10.8. The number of nitrogen functional groups attached to an aromatic ring is 1. The first kappa shape index (κ1) is 11.8. The molecule has 4 nitrogen and oxygen atoms in total. The van der Waals surface area contributed by atoms with E-state index in [1.165, 1.54) is 0 Å². The summed E-state index contributed by atoms with van der Waals surface area (Å²) >= 11 is 0. The Morgan fingerprint density at radius 3 is 2.71 bits per heavy atom. The minimum Gasteiger partial charge on any atom is -0.497 e. The molecule has 92 valence electrons. The van der Waals surface area contributed by atoms with Gasteiger partial charge in [0.15, 0.2) is 0 Å². The van der Waals surface area contributed by atoms with E-state index in [0.717, 1.165) is 23.2 Å². The molecular formula is C13H19N3O. The maximum atomic E-state index is 6.02. The number of fused-ring (bicyclic) bond motifs is 1. The van der Waals surface area contributed by atoms with E-state index in [-0.39, 0.29) is 5.54 Å². The van der Waals surface area contributed by atoms with Gasteiger partial charge in [0.2, 0.25) is 5.95 Å². The molecule has 1 heterocycles. The van der Waals surface area contributed by atoms with E-state index in [2.05, 4.69) is 30.3 Å². The van der Waals surface area contributed by atoms with E-state index in [0.29, 0.717) is 5.95 Å². The van der Waals surface area contributed by atoms with Crippen molar-refractivity contribution in [3.63, 3.8) is 0 Å². The van der Waals surface area contributed by atoms with Gasteiger partial charge in [0.05, 0.1) is 18.1 Å². The van der Waals surface area contributed by atoms with Gasteiger partial charge in [0.25, 0.3) is 0 Å². The molecule has 0 unspecified atom stereocenters. The maximum absolute atomic E-state index is 6.02. The zero-order valence-corrected chi connectivity index (χ0v) is 10.8. The molecule has 1 aromatic carbocycles. The number of nitrogens with zero attached hydrogens (tertiary/aromatic N) is 2. The van der Waals surface area contributed by atoms with Crippen LogP contribution in [0.4, 0.5) is 5.95 Å². The molecule has 2 rings (SSSR count). The van der Waals surface area contributed by atoms with E-state index in [1.807, 2.05) is 18.2 Å². The minimum atomic E-state index is -0.0343. The summed E-state index contributed by atoms with van der Waals surface area (Å²) in [6, 6.07) is 5.86. The molecular weight excluding hydrogens is 214 g/mol. The Labute approximate surface area is 101 Å². The SMILES string of the molecule is CCC(C)(C)n1c(N)nc2cc(OC)ccc21. The van der Waals surface area contributed by atoms with Crippen LogP contribution in [-0.2, 0) is 5.54 Å². The standard InChI is InChI=1S/C13H19N3O/c1-5-13(2,3)16-11-7-6-9(17-4)8-10(11)15-12(16)14/h6-8H,5H2,1-4H3,(H2,14,15). The van der Waals surface area contributed by atoms with Crippen LogP contribution >= 0.6 is 0 Å². The number of aromatic nitrogens is 2. The van der Waals surface area contributed by atoms with Gasteiger partial charge < -0.3 is 15.0 Å². The van der Waals surface area contributed by atoms with Crippen molar-refractivity contribution in [1.82, 2.24) is 9.55 Å². The van der Waals surface area contributed by atoms with Crippen LogP contribution in [0.1, 0.15) is 27.2 Å². The normalized spacial score (nSPS) is 12.0. The van der Waals surface area contributed by atoms with E-state index in [9.17, 15) is 0 Å².